The van der Waals surface area contributed by atoms with Crippen molar-refractivity contribution in [2.75, 3.05) is 13.1 Å². The van der Waals surface area contributed by atoms with Crippen LogP contribution in [0.1, 0.15) is 18.7 Å². The minimum atomic E-state index is 0.351. The summed E-state index contributed by atoms with van der Waals surface area (Å²) in [6.45, 7) is 4.10. The van der Waals surface area contributed by atoms with Gasteiger partial charge in [-0.3, -0.25) is 4.90 Å². The Hall–Kier alpha value is -1.00. The lowest BCUT2D eigenvalue weighted by Gasteiger charge is -2.40. The second-order valence-electron chi connectivity index (χ2n) is 3.52. The molecule has 1 aliphatic rings. The molecule has 1 aromatic heterocycles. The molecule has 0 saturated carbocycles. The minimum Gasteiger partial charge on any atom is -0.325 e. The molecule has 1 saturated heterocycles. The Morgan fingerprint density at radius 3 is 2.92 bits per heavy atom. The van der Waals surface area contributed by atoms with Gasteiger partial charge in [0.05, 0.1) is 5.69 Å². The van der Waals surface area contributed by atoms with E-state index in [1.54, 1.807) is 12.5 Å². The van der Waals surface area contributed by atoms with Crippen LogP contribution in [0.15, 0.2) is 18.6 Å². The predicted octanol–water partition coefficient (Wildman–Crippen LogP) is 0.180. The van der Waals surface area contributed by atoms with Gasteiger partial charge < -0.3 is 5.73 Å². The van der Waals surface area contributed by atoms with Crippen LogP contribution in [-0.2, 0) is 0 Å². The molecule has 1 fully saturated rings. The maximum absolute atomic E-state index is 5.71. The molecule has 0 bridgehead atoms. The zero-order valence-electron chi connectivity index (χ0n) is 7.72. The summed E-state index contributed by atoms with van der Waals surface area (Å²) in [5.41, 5.74) is 6.78. The van der Waals surface area contributed by atoms with Gasteiger partial charge in [0.1, 0.15) is 6.33 Å². The van der Waals surface area contributed by atoms with E-state index in [9.17, 15) is 0 Å². The molecule has 2 rings (SSSR count). The highest BCUT2D eigenvalue weighted by atomic mass is 15.2. The minimum absolute atomic E-state index is 0.351. The van der Waals surface area contributed by atoms with Crippen LogP contribution in [0, 0.1) is 0 Å². The highest BCUT2D eigenvalue weighted by Crippen LogP contribution is 2.22. The fraction of sp³-hybridized carbons (Fsp3) is 0.556. The van der Waals surface area contributed by atoms with Gasteiger partial charge in [-0.25, -0.2) is 9.97 Å². The van der Waals surface area contributed by atoms with Crippen LogP contribution in [-0.4, -0.2) is 34.0 Å². The number of likely N-dealkylation sites (tertiary alicyclic amines) is 1. The quantitative estimate of drug-likeness (QED) is 0.702. The first-order chi connectivity index (χ1) is 6.27. The van der Waals surface area contributed by atoms with Crippen LogP contribution in [0.4, 0.5) is 0 Å². The van der Waals surface area contributed by atoms with Crippen molar-refractivity contribution in [2.45, 2.75) is 19.0 Å². The molecular weight excluding hydrogens is 164 g/mol. The fourth-order valence-electron chi connectivity index (χ4n) is 1.60. The van der Waals surface area contributed by atoms with Crippen molar-refractivity contribution >= 4 is 0 Å². The van der Waals surface area contributed by atoms with Gasteiger partial charge in [-0.1, -0.05) is 0 Å². The summed E-state index contributed by atoms with van der Waals surface area (Å²) in [5, 5.41) is 0. The molecule has 1 atom stereocenters. The number of nitrogens with zero attached hydrogens (tertiary/aromatic N) is 3. The van der Waals surface area contributed by atoms with Crippen LogP contribution in [0.3, 0.4) is 0 Å². The molecule has 0 amide bonds. The Kier molecular flexibility index (Phi) is 2.24. The van der Waals surface area contributed by atoms with Crippen LogP contribution in [0.5, 0.6) is 0 Å². The Labute approximate surface area is 77.8 Å². The summed E-state index contributed by atoms with van der Waals surface area (Å²) in [4.78, 5) is 10.4. The standard InChI is InChI=1S/C9H14N4/c1-7(13-4-8(10)5-13)9-2-3-11-6-12-9/h2-3,6-8H,4-5,10H2,1H3. The van der Waals surface area contributed by atoms with Crippen LogP contribution in [0.2, 0.25) is 0 Å². The average Bonchev–Trinajstić information content (AvgIpc) is 2.13. The van der Waals surface area contributed by atoms with Crippen molar-refractivity contribution < 1.29 is 0 Å². The lowest BCUT2D eigenvalue weighted by atomic mass is 10.1. The topological polar surface area (TPSA) is 55.0 Å². The zero-order valence-corrected chi connectivity index (χ0v) is 7.72. The highest BCUT2D eigenvalue weighted by molar-refractivity contribution is 5.06. The average molecular weight is 178 g/mol. The van der Waals surface area contributed by atoms with Crippen LogP contribution in [0.25, 0.3) is 0 Å². The van der Waals surface area contributed by atoms with Crippen molar-refractivity contribution in [3.05, 3.63) is 24.3 Å². The van der Waals surface area contributed by atoms with Crippen molar-refractivity contribution in [3.63, 3.8) is 0 Å². The van der Waals surface area contributed by atoms with Crippen LogP contribution >= 0.6 is 0 Å². The molecule has 70 valence electrons. The second-order valence-corrected chi connectivity index (χ2v) is 3.52. The maximum Gasteiger partial charge on any atom is 0.115 e. The smallest absolute Gasteiger partial charge is 0.115 e. The largest absolute Gasteiger partial charge is 0.325 e. The first-order valence-electron chi connectivity index (χ1n) is 4.53. The SMILES string of the molecule is CC(c1ccncn1)N1CC(N)C1. The lowest BCUT2D eigenvalue weighted by molar-refractivity contribution is 0.101. The Morgan fingerprint density at radius 2 is 2.38 bits per heavy atom. The normalized spacial score (nSPS) is 21.1. The zero-order chi connectivity index (χ0) is 9.26. The van der Waals surface area contributed by atoms with Crippen molar-refractivity contribution in [1.29, 1.82) is 0 Å². The molecule has 0 aliphatic carbocycles. The lowest BCUT2D eigenvalue weighted by Crippen LogP contribution is -2.56. The molecule has 2 N–H and O–H groups in total. The van der Waals surface area contributed by atoms with Crippen molar-refractivity contribution in [3.8, 4) is 0 Å². The Morgan fingerprint density at radius 1 is 1.62 bits per heavy atom. The summed E-state index contributed by atoms with van der Waals surface area (Å²) in [6, 6.07) is 2.67. The number of rotatable bonds is 2. The van der Waals surface area contributed by atoms with Gasteiger partial charge in [0.15, 0.2) is 0 Å². The van der Waals surface area contributed by atoms with Crippen molar-refractivity contribution in [1.82, 2.24) is 14.9 Å². The summed E-state index contributed by atoms with van der Waals surface area (Å²) in [5.74, 6) is 0. The molecule has 4 heteroatoms. The Bertz CT molecular complexity index is 268. The van der Waals surface area contributed by atoms with E-state index in [0.29, 0.717) is 12.1 Å². The number of hydrogen-bond acceptors (Lipinski definition) is 4. The predicted molar refractivity (Wildman–Crippen MR) is 50.0 cm³/mol. The molecule has 0 spiro atoms. The number of aromatic nitrogens is 2. The van der Waals surface area contributed by atoms with Gasteiger partial charge in [-0.15, -0.1) is 0 Å². The number of nitrogens with two attached hydrogens (primary N) is 1. The van der Waals surface area contributed by atoms with E-state index < -0.39 is 0 Å². The van der Waals surface area contributed by atoms with Gasteiger partial charge in [0, 0.05) is 31.4 Å². The van der Waals surface area contributed by atoms with E-state index in [0.717, 1.165) is 18.8 Å². The van der Waals surface area contributed by atoms with Gasteiger partial charge >= 0.3 is 0 Å². The second kappa shape index (κ2) is 3.40. The molecule has 4 nitrogen and oxygen atoms in total. The molecule has 13 heavy (non-hydrogen) atoms. The third-order valence-corrected chi connectivity index (χ3v) is 2.52. The van der Waals surface area contributed by atoms with Gasteiger partial charge in [-0.2, -0.15) is 0 Å². The van der Waals surface area contributed by atoms with Crippen LogP contribution < -0.4 is 5.73 Å². The highest BCUT2D eigenvalue weighted by Gasteiger charge is 2.28. The molecular formula is C9H14N4. The Balaban J connectivity index is 2.02. The summed E-state index contributed by atoms with van der Waals surface area (Å²) in [7, 11) is 0. The molecule has 0 radical (unpaired) electrons. The molecule has 0 aromatic carbocycles. The van der Waals surface area contributed by atoms with E-state index in [4.69, 9.17) is 5.73 Å². The third kappa shape index (κ3) is 1.68. The molecule has 2 heterocycles. The first-order valence-corrected chi connectivity index (χ1v) is 4.53. The van der Waals surface area contributed by atoms with Gasteiger partial charge in [-0.05, 0) is 13.0 Å². The van der Waals surface area contributed by atoms with Gasteiger partial charge in [0.25, 0.3) is 0 Å². The van der Waals surface area contributed by atoms with E-state index >= 15 is 0 Å². The third-order valence-electron chi connectivity index (χ3n) is 2.52. The van der Waals surface area contributed by atoms with E-state index in [1.165, 1.54) is 0 Å². The maximum atomic E-state index is 5.71. The molecule has 1 unspecified atom stereocenters. The summed E-state index contributed by atoms with van der Waals surface area (Å²) >= 11 is 0. The van der Waals surface area contributed by atoms with E-state index in [2.05, 4.69) is 21.8 Å². The van der Waals surface area contributed by atoms with Gasteiger partial charge in [0.2, 0.25) is 0 Å². The monoisotopic (exact) mass is 178 g/mol. The molecule has 1 aliphatic heterocycles. The van der Waals surface area contributed by atoms with Crippen molar-refractivity contribution in [2.24, 2.45) is 5.73 Å². The fourth-order valence-corrected chi connectivity index (χ4v) is 1.60. The molecule has 1 aromatic rings. The van der Waals surface area contributed by atoms with E-state index in [-0.39, 0.29) is 0 Å². The summed E-state index contributed by atoms with van der Waals surface area (Å²) in [6.07, 6.45) is 3.37. The number of hydrogen-bond donors (Lipinski definition) is 1. The first kappa shape index (κ1) is 8.59. The summed E-state index contributed by atoms with van der Waals surface area (Å²) < 4.78 is 0. The van der Waals surface area contributed by atoms with E-state index in [1.807, 2.05) is 6.07 Å².